The topological polar surface area (TPSA) is 62.5 Å². The summed E-state index contributed by atoms with van der Waals surface area (Å²) < 4.78 is 5.72. The average Bonchev–Trinajstić information content (AvgIpc) is 2.82. The zero-order chi connectivity index (χ0) is 14.5. The second-order valence-electron chi connectivity index (χ2n) is 5.75. The zero-order valence-corrected chi connectivity index (χ0v) is 15.6. The SMILES string of the molecule is CCC(C)NC(=NC)NCc1ncc(C(C)(C)C)o1.I. The van der Waals surface area contributed by atoms with Crippen LogP contribution in [0.4, 0.5) is 0 Å². The van der Waals surface area contributed by atoms with E-state index in [1.165, 1.54) is 0 Å². The molecule has 0 fully saturated rings. The van der Waals surface area contributed by atoms with Crippen LogP contribution >= 0.6 is 24.0 Å². The van der Waals surface area contributed by atoms with E-state index in [1.807, 2.05) is 0 Å². The molecule has 1 atom stereocenters. The molecule has 0 spiro atoms. The van der Waals surface area contributed by atoms with E-state index in [1.54, 1.807) is 13.2 Å². The third-order valence-corrected chi connectivity index (χ3v) is 2.92. The highest BCUT2D eigenvalue weighted by molar-refractivity contribution is 14.0. The first-order valence-electron chi connectivity index (χ1n) is 6.79. The lowest BCUT2D eigenvalue weighted by atomic mass is 9.94. The Morgan fingerprint density at radius 3 is 2.55 bits per heavy atom. The van der Waals surface area contributed by atoms with Gasteiger partial charge in [0.15, 0.2) is 5.96 Å². The molecule has 116 valence electrons. The van der Waals surface area contributed by atoms with E-state index in [-0.39, 0.29) is 29.4 Å². The lowest BCUT2D eigenvalue weighted by Gasteiger charge is -2.16. The Morgan fingerprint density at radius 2 is 2.10 bits per heavy atom. The quantitative estimate of drug-likeness (QED) is 0.468. The molecule has 1 unspecified atom stereocenters. The van der Waals surface area contributed by atoms with Crippen LogP contribution in [0.5, 0.6) is 0 Å². The number of nitrogens with one attached hydrogen (secondary N) is 2. The number of oxazole rings is 1. The van der Waals surface area contributed by atoms with Crippen molar-refractivity contribution in [2.75, 3.05) is 7.05 Å². The Morgan fingerprint density at radius 1 is 1.45 bits per heavy atom. The molecule has 6 heteroatoms. The summed E-state index contributed by atoms with van der Waals surface area (Å²) in [6, 6.07) is 0.390. The third kappa shape index (κ3) is 6.11. The molecule has 0 saturated carbocycles. The zero-order valence-electron chi connectivity index (χ0n) is 13.3. The van der Waals surface area contributed by atoms with Crippen LogP contribution in [0.2, 0.25) is 0 Å². The van der Waals surface area contributed by atoms with Gasteiger partial charge in [-0.15, -0.1) is 24.0 Å². The van der Waals surface area contributed by atoms with Crippen LogP contribution in [0.3, 0.4) is 0 Å². The van der Waals surface area contributed by atoms with Crippen LogP contribution in [0, 0.1) is 0 Å². The summed E-state index contributed by atoms with van der Waals surface area (Å²) in [6.45, 7) is 11.1. The number of halogens is 1. The van der Waals surface area contributed by atoms with Crippen molar-refractivity contribution in [2.24, 2.45) is 4.99 Å². The molecule has 1 aromatic heterocycles. The van der Waals surface area contributed by atoms with E-state index in [0.717, 1.165) is 18.1 Å². The lowest BCUT2D eigenvalue weighted by molar-refractivity contribution is 0.379. The monoisotopic (exact) mass is 394 g/mol. The predicted molar refractivity (Wildman–Crippen MR) is 93.7 cm³/mol. The van der Waals surface area contributed by atoms with Gasteiger partial charge in [-0.1, -0.05) is 27.7 Å². The number of guanidine groups is 1. The second-order valence-corrected chi connectivity index (χ2v) is 5.75. The maximum absolute atomic E-state index is 5.72. The van der Waals surface area contributed by atoms with Crippen molar-refractivity contribution < 1.29 is 4.42 Å². The summed E-state index contributed by atoms with van der Waals surface area (Å²) in [7, 11) is 1.76. The normalized spacial score (nSPS) is 13.6. The molecular formula is C14H27IN4O. The summed E-state index contributed by atoms with van der Waals surface area (Å²) in [6.07, 6.45) is 2.84. The molecule has 0 amide bonds. The molecule has 1 heterocycles. The highest BCUT2D eigenvalue weighted by Gasteiger charge is 2.19. The van der Waals surface area contributed by atoms with Crippen molar-refractivity contribution in [1.29, 1.82) is 0 Å². The molecule has 0 radical (unpaired) electrons. The largest absolute Gasteiger partial charge is 0.443 e. The van der Waals surface area contributed by atoms with Gasteiger partial charge in [0.05, 0.1) is 12.7 Å². The van der Waals surface area contributed by atoms with Crippen molar-refractivity contribution in [3.63, 3.8) is 0 Å². The number of rotatable bonds is 4. The van der Waals surface area contributed by atoms with Crippen molar-refractivity contribution in [1.82, 2.24) is 15.6 Å². The van der Waals surface area contributed by atoms with Crippen molar-refractivity contribution in [3.05, 3.63) is 17.8 Å². The van der Waals surface area contributed by atoms with E-state index in [9.17, 15) is 0 Å². The smallest absolute Gasteiger partial charge is 0.213 e. The van der Waals surface area contributed by atoms with Crippen LogP contribution in [0.25, 0.3) is 0 Å². The Kier molecular flexibility index (Phi) is 8.15. The van der Waals surface area contributed by atoms with E-state index < -0.39 is 0 Å². The summed E-state index contributed by atoms with van der Waals surface area (Å²) in [5.41, 5.74) is -0.0120. The molecule has 0 bridgehead atoms. The summed E-state index contributed by atoms with van der Waals surface area (Å²) >= 11 is 0. The molecule has 1 aromatic rings. The van der Waals surface area contributed by atoms with Gasteiger partial charge in [-0.3, -0.25) is 4.99 Å². The number of nitrogens with zero attached hydrogens (tertiary/aromatic N) is 2. The van der Waals surface area contributed by atoms with E-state index in [2.05, 4.69) is 55.2 Å². The number of aromatic nitrogens is 1. The van der Waals surface area contributed by atoms with Gasteiger partial charge < -0.3 is 15.1 Å². The van der Waals surface area contributed by atoms with Crippen molar-refractivity contribution in [2.45, 2.75) is 59.0 Å². The Bertz CT molecular complexity index is 423. The van der Waals surface area contributed by atoms with E-state index in [4.69, 9.17) is 4.42 Å². The number of hydrogen-bond donors (Lipinski definition) is 2. The Balaban J connectivity index is 0.00000361. The van der Waals surface area contributed by atoms with E-state index >= 15 is 0 Å². The van der Waals surface area contributed by atoms with Gasteiger partial charge in [0.1, 0.15) is 5.76 Å². The second kappa shape index (κ2) is 8.49. The fourth-order valence-electron chi connectivity index (χ4n) is 1.43. The lowest BCUT2D eigenvalue weighted by Crippen LogP contribution is -2.41. The Hall–Kier alpha value is -0.790. The highest BCUT2D eigenvalue weighted by atomic mass is 127. The minimum atomic E-state index is -0.0120. The van der Waals surface area contributed by atoms with Gasteiger partial charge >= 0.3 is 0 Å². The van der Waals surface area contributed by atoms with Crippen LogP contribution in [-0.4, -0.2) is 24.0 Å². The van der Waals surface area contributed by atoms with Gasteiger partial charge in [-0.05, 0) is 13.3 Å². The van der Waals surface area contributed by atoms with Gasteiger partial charge in [0.25, 0.3) is 0 Å². The van der Waals surface area contributed by atoms with Gasteiger partial charge in [-0.2, -0.15) is 0 Å². The molecular weight excluding hydrogens is 367 g/mol. The predicted octanol–water partition coefficient (Wildman–Crippen LogP) is 3.05. The first-order valence-corrected chi connectivity index (χ1v) is 6.79. The molecule has 0 aromatic carbocycles. The maximum Gasteiger partial charge on any atom is 0.213 e. The molecule has 1 rings (SSSR count). The minimum absolute atomic E-state index is 0. The Labute approximate surface area is 139 Å². The first kappa shape index (κ1) is 19.2. The van der Waals surface area contributed by atoms with Crippen LogP contribution in [0.15, 0.2) is 15.6 Å². The first-order chi connectivity index (χ1) is 8.86. The summed E-state index contributed by atoms with van der Waals surface area (Å²) in [5, 5.41) is 6.49. The average molecular weight is 394 g/mol. The van der Waals surface area contributed by atoms with Gasteiger partial charge in [0.2, 0.25) is 5.89 Å². The highest BCUT2D eigenvalue weighted by Crippen LogP contribution is 2.22. The molecule has 0 aliphatic rings. The van der Waals surface area contributed by atoms with Crippen LogP contribution in [-0.2, 0) is 12.0 Å². The van der Waals surface area contributed by atoms with E-state index in [0.29, 0.717) is 18.5 Å². The van der Waals surface area contributed by atoms with Gasteiger partial charge in [-0.25, -0.2) is 4.98 Å². The minimum Gasteiger partial charge on any atom is -0.443 e. The van der Waals surface area contributed by atoms with Crippen molar-refractivity contribution >= 4 is 29.9 Å². The summed E-state index contributed by atoms with van der Waals surface area (Å²) in [4.78, 5) is 8.45. The number of aliphatic imine (C=N–C) groups is 1. The molecule has 20 heavy (non-hydrogen) atoms. The van der Waals surface area contributed by atoms with Crippen LogP contribution < -0.4 is 10.6 Å². The molecule has 0 aliphatic heterocycles. The molecule has 5 nitrogen and oxygen atoms in total. The fraction of sp³-hybridized carbons (Fsp3) is 0.714. The third-order valence-electron chi connectivity index (χ3n) is 2.92. The van der Waals surface area contributed by atoms with Crippen LogP contribution in [0.1, 0.15) is 52.7 Å². The maximum atomic E-state index is 5.72. The molecule has 0 saturated heterocycles. The van der Waals surface area contributed by atoms with Crippen molar-refractivity contribution in [3.8, 4) is 0 Å². The molecule has 0 aliphatic carbocycles. The summed E-state index contributed by atoms with van der Waals surface area (Å²) in [5.74, 6) is 2.34. The van der Waals surface area contributed by atoms with Gasteiger partial charge in [0, 0.05) is 18.5 Å². The fourth-order valence-corrected chi connectivity index (χ4v) is 1.43. The number of hydrogen-bond acceptors (Lipinski definition) is 3. The molecule has 2 N–H and O–H groups in total. The standard InChI is InChI=1S/C14H26N4O.HI/c1-7-10(2)18-13(15-6)17-9-12-16-8-11(19-12)14(3,4)5;/h8,10H,7,9H2,1-6H3,(H2,15,17,18);1H.